The number of ether oxygens (including phenoxy) is 6. The number of Topliss-reactive ketones (excluding diaryl/α,β-unsaturated/α-hetero) is 1. The van der Waals surface area contributed by atoms with Gasteiger partial charge in [0.25, 0.3) is 0 Å². The molecule has 3 saturated carbocycles. The van der Waals surface area contributed by atoms with Gasteiger partial charge < -0.3 is 28.4 Å². The van der Waals surface area contributed by atoms with E-state index in [1.54, 1.807) is 121 Å². The molecule has 396 valence electrons. The minimum Gasteiger partial charge on any atom is -0.459 e. The number of fused-ring (bicyclic) bond motifs is 5. The highest BCUT2D eigenvalue weighted by molar-refractivity contribution is 5.92. The van der Waals surface area contributed by atoms with Crippen LogP contribution in [0, 0.1) is 45.3 Å². The lowest BCUT2D eigenvalue weighted by atomic mass is 9.36. The number of hydrogen-bond acceptors (Lipinski definition) is 11. The Kier molecular flexibility index (Phi) is 15.3. The number of carbonyl (C=O) groups excluding carboxylic acids is 5. The van der Waals surface area contributed by atoms with Crippen LogP contribution in [0.5, 0.6) is 0 Å². The molecule has 11 nitrogen and oxygen atoms in total. The lowest BCUT2D eigenvalue weighted by Crippen LogP contribution is -2.66. The average molecular weight is 1020 g/mol. The minimum absolute atomic E-state index is 0.0229. The van der Waals surface area contributed by atoms with Gasteiger partial charge in [0, 0.05) is 12.3 Å². The second kappa shape index (κ2) is 21.5. The zero-order valence-electron chi connectivity index (χ0n) is 44.8. The summed E-state index contributed by atoms with van der Waals surface area (Å²) in [6, 6.07) is 33.5. The van der Waals surface area contributed by atoms with Gasteiger partial charge in [0.2, 0.25) is 0 Å². The molecule has 0 spiro atoms. The van der Waals surface area contributed by atoms with Gasteiger partial charge in [-0.2, -0.15) is 0 Å². The van der Waals surface area contributed by atoms with Crippen LogP contribution in [0.15, 0.2) is 145 Å². The van der Waals surface area contributed by atoms with Crippen LogP contribution in [0.4, 0.5) is 0 Å². The third-order valence-corrected chi connectivity index (χ3v) is 18.5. The van der Waals surface area contributed by atoms with Crippen molar-refractivity contribution in [2.45, 2.75) is 143 Å². The number of rotatable bonds is 15. The van der Waals surface area contributed by atoms with E-state index in [2.05, 4.69) is 52.8 Å². The molecule has 9 rings (SSSR count). The molecular weight excluding hydrogens is 945 g/mol. The van der Waals surface area contributed by atoms with Crippen LogP contribution < -0.4 is 0 Å². The van der Waals surface area contributed by atoms with Gasteiger partial charge in [-0.05, 0) is 154 Å². The number of benzene rings is 4. The summed E-state index contributed by atoms with van der Waals surface area (Å²) in [5.41, 5.74) is 0.300. The van der Waals surface area contributed by atoms with Crippen molar-refractivity contribution in [3.63, 3.8) is 0 Å². The van der Waals surface area contributed by atoms with Crippen LogP contribution in [0.25, 0.3) is 0 Å². The Balaban J connectivity index is 1.15. The first kappa shape index (κ1) is 53.6. The quantitative estimate of drug-likeness (QED) is 0.0638. The van der Waals surface area contributed by atoms with Crippen molar-refractivity contribution in [2.24, 2.45) is 45.3 Å². The fourth-order valence-electron chi connectivity index (χ4n) is 14.6. The second-order valence-electron chi connectivity index (χ2n) is 23.7. The molecule has 4 fully saturated rings. The van der Waals surface area contributed by atoms with Crippen molar-refractivity contribution < 1.29 is 52.4 Å². The predicted molar refractivity (Wildman–Crippen MR) is 284 cm³/mol. The summed E-state index contributed by atoms with van der Waals surface area (Å²) in [5.74, 6) is -2.81. The lowest BCUT2D eigenvalue weighted by molar-refractivity contribution is -0.330. The van der Waals surface area contributed by atoms with E-state index in [4.69, 9.17) is 28.4 Å². The van der Waals surface area contributed by atoms with E-state index >= 15 is 4.79 Å². The molecule has 1 aliphatic heterocycles. The first-order valence-corrected chi connectivity index (χ1v) is 27.0. The average Bonchev–Trinajstić information content (AvgIpc) is 3.79. The number of allylic oxidation sites excluding steroid dienone is 4. The maximum absolute atomic E-state index is 15.5. The second-order valence-corrected chi connectivity index (χ2v) is 23.7. The molecule has 0 aromatic heterocycles. The summed E-state index contributed by atoms with van der Waals surface area (Å²) >= 11 is 0. The van der Waals surface area contributed by atoms with Crippen LogP contribution in [-0.2, 0) is 33.2 Å². The largest absolute Gasteiger partial charge is 0.459 e. The van der Waals surface area contributed by atoms with E-state index in [9.17, 15) is 19.2 Å². The molecular formula is C64H74O11. The number of ketones is 1. The minimum atomic E-state index is -1.59. The molecule has 4 aromatic carbocycles. The highest BCUT2D eigenvalue weighted by Gasteiger charge is 2.71. The lowest BCUT2D eigenvalue weighted by Gasteiger charge is -2.68. The summed E-state index contributed by atoms with van der Waals surface area (Å²) < 4.78 is 39.9. The number of esters is 4. The molecule has 0 bridgehead atoms. The van der Waals surface area contributed by atoms with Crippen LogP contribution in [0.1, 0.15) is 148 Å². The molecule has 1 heterocycles. The topological polar surface area (TPSA) is 141 Å². The first-order valence-electron chi connectivity index (χ1n) is 27.0. The van der Waals surface area contributed by atoms with Crippen LogP contribution in [0.3, 0.4) is 0 Å². The highest BCUT2D eigenvalue weighted by Crippen LogP contribution is 2.75. The van der Waals surface area contributed by atoms with Crippen LogP contribution in [-0.4, -0.2) is 72.6 Å². The van der Waals surface area contributed by atoms with Crippen molar-refractivity contribution >= 4 is 29.7 Å². The molecule has 0 amide bonds. The van der Waals surface area contributed by atoms with Gasteiger partial charge >= 0.3 is 23.9 Å². The molecule has 4 aromatic rings. The van der Waals surface area contributed by atoms with Crippen LogP contribution in [0.2, 0.25) is 0 Å². The SMILES string of the molecule is CC(C)=CCC[C@](C)(O[C@@H]1OC(COC(=O)c2ccccc2)[C@@H](OC(=O)c2ccccc2)C(OC(=O)c2ccccc2)C1OC(=O)c1ccccc1)C1CC[C@]2(C)C1C(=O)CC1[C@@]3(C)CC=CC(C)(C)C3CC[C@]12C. The van der Waals surface area contributed by atoms with Crippen molar-refractivity contribution in [3.05, 3.63) is 167 Å². The van der Waals surface area contributed by atoms with Crippen molar-refractivity contribution in [2.75, 3.05) is 6.61 Å². The van der Waals surface area contributed by atoms with Gasteiger partial charge in [-0.1, -0.05) is 131 Å². The van der Waals surface area contributed by atoms with Gasteiger partial charge in [0.15, 0.2) is 24.6 Å². The summed E-state index contributed by atoms with van der Waals surface area (Å²) in [6.07, 6.45) is 5.42. The molecule has 75 heavy (non-hydrogen) atoms. The first-order chi connectivity index (χ1) is 35.8. The molecule has 7 unspecified atom stereocenters. The molecule has 1 saturated heterocycles. The standard InChI is InChI=1S/C64H74O11/c1-41(2)23-21-36-64(8,46-32-37-63(7)51(46)47(65)39-50-61(5)35-22-34-60(3,4)49(61)33-38-62(50,63)6)75-59-54(74-58(69)45-30-19-12-20-31-45)53(73-57(68)44-28-17-11-18-29-44)52(72-56(67)43-26-15-10-16-27-43)48(71-59)40-70-55(66)42-24-13-9-14-25-42/h9-20,22-31,34,46,48-54,59H,21,32-33,35-40H2,1-8H3/t46?,48?,49?,50?,51?,52-,53?,54?,59+,61+,62-,63-,64+/m1/s1. The highest BCUT2D eigenvalue weighted by atomic mass is 16.7. The van der Waals surface area contributed by atoms with E-state index in [0.29, 0.717) is 31.6 Å². The molecule has 0 N–H and O–H groups in total. The van der Waals surface area contributed by atoms with Gasteiger partial charge in [0.05, 0.1) is 27.9 Å². The van der Waals surface area contributed by atoms with Gasteiger partial charge in [-0.3, -0.25) is 4.79 Å². The van der Waals surface area contributed by atoms with Crippen molar-refractivity contribution in [3.8, 4) is 0 Å². The van der Waals surface area contributed by atoms with E-state index in [1.807, 2.05) is 20.8 Å². The van der Waals surface area contributed by atoms with Gasteiger partial charge in [-0.25, -0.2) is 19.2 Å². The van der Waals surface area contributed by atoms with E-state index in [0.717, 1.165) is 31.3 Å². The van der Waals surface area contributed by atoms with Gasteiger partial charge in [-0.15, -0.1) is 0 Å². The third-order valence-electron chi connectivity index (χ3n) is 18.5. The predicted octanol–water partition coefficient (Wildman–Crippen LogP) is 12.8. The van der Waals surface area contributed by atoms with Crippen molar-refractivity contribution in [1.29, 1.82) is 0 Å². The van der Waals surface area contributed by atoms with Crippen LogP contribution >= 0.6 is 0 Å². The Labute approximate surface area is 442 Å². The van der Waals surface area contributed by atoms with Crippen molar-refractivity contribution in [1.82, 2.24) is 0 Å². The zero-order chi connectivity index (χ0) is 53.3. The summed E-state index contributed by atoms with van der Waals surface area (Å²) in [7, 11) is 0. The summed E-state index contributed by atoms with van der Waals surface area (Å²) in [5, 5.41) is 0. The molecule has 5 aliphatic rings. The summed E-state index contributed by atoms with van der Waals surface area (Å²) in [6.45, 7) is 17.6. The molecule has 0 radical (unpaired) electrons. The Hall–Kier alpha value is -6.17. The Morgan fingerprint density at radius 1 is 0.640 bits per heavy atom. The normalized spacial score (nSPS) is 32.3. The zero-order valence-corrected chi connectivity index (χ0v) is 44.8. The fourth-order valence-corrected chi connectivity index (χ4v) is 14.6. The maximum Gasteiger partial charge on any atom is 0.338 e. The number of carbonyl (C=O) groups is 5. The smallest absolute Gasteiger partial charge is 0.338 e. The van der Waals surface area contributed by atoms with E-state index < -0.39 is 66.8 Å². The Morgan fingerprint density at radius 2 is 1.13 bits per heavy atom. The fraction of sp³-hybridized carbons (Fsp3) is 0.484. The van der Waals surface area contributed by atoms with Gasteiger partial charge in [0.1, 0.15) is 18.5 Å². The Morgan fingerprint density at radius 3 is 1.67 bits per heavy atom. The third kappa shape index (κ3) is 10.4. The molecule has 11 heteroatoms. The molecule has 13 atom stereocenters. The molecule has 4 aliphatic carbocycles. The van der Waals surface area contributed by atoms with E-state index in [-0.39, 0.29) is 67.5 Å². The van der Waals surface area contributed by atoms with E-state index in [1.165, 1.54) is 0 Å². The summed E-state index contributed by atoms with van der Waals surface area (Å²) in [4.78, 5) is 72.5. The Bertz CT molecular complexity index is 2770. The maximum atomic E-state index is 15.5. The monoisotopic (exact) mass is 1020 g/mol. The number of hydrogen-bond donors (Lipinski definition) is 0.